The molecule has 158 valence electrons. The van der Waals surface area contributed by atoms with E-state index in [-0.39, 0.29) is 5.91 Å². The summed E-state index contributed by atoms with van der Waals surface area (Å²) in [5, 5.41) is 0.679. The molecule has 0 atom stereocenters. The van der Waals surface area contributed by atoms with Crippen molar-refractivity contribution in [2.24, 2.45) is 0 Å². The zero-order valence-electron chi connectivity index (χ0n) is 17.9. The average Bonchev–Trinajstić information content (AvgIpc) is 3.23. The molecule has 0 aliphatic carbocycles. The predicted molar refractivity (Wildman–Crippen MR) is 128 cm³/mol. The molecule has 0 N–H and O–H groups in total. The summed E-state index contributed by atoms with van der Waals surface area (Å²) in [4.78, 5) is 22.1. The lowest BCUT2D eigenvalue weighted by Gasteiger charge is -2.22. The molecule has 0 saturated carbocycles. The quantitative estimate of drug-likeness (QED) is 0.404. The fraction of sp³-hybridized carbons (Fsp3) is 0.200. The average molecular weight is 432 g/mol. The number of carbonyl (C=O) groups is 1. The summed E-state index contributed by atoms with van der Waals surface area (Å²) < 4.78 is 6.45. The van der Waals surface area contributed by atoms with Crippen LogP contribution in [0.2, 0.25) is 0 Å². The molecule has 6 heteroatoms. The van der Waals surface area contributed by atoms with E-state index in [0.29, 0.717) is 23.0 Å². The number of para-hydroxylation sites is 1. The van der Waals surface area contributed by atoms with E-state index in [2.05, 4.69) is 17.0 Å². The van der Waals surface area contributed by atoms with E-state index in [1.165, 1.54) is 11.3 Å². The molecule has 5 nitrogen and oxygen atoms in total. The van der Waals surface area contributed by atoms with Crippen LogP contribution < -0.4 is 9.64 Å². The molecule has 1 aromatic heterocycles. The number of thiazole rings is 1. The van der Waals surface area contributed by atoms with E-state index < -0.39 is 0 Å². The minimum Gasteiger partial charge on any atom is -0.494 e. The van der Waals surface area contributed by atoms with Crippen LogP contribution in [0.15, 0.2) is 72.8 Å². The molecule has 1 heterocycles. The molecule has 31 heavy (non-hydrogen) atoms. The van der Waals surface area contributed by atoms with Crippen molar-refractivity contribution in [1.29, 1.82) is 0 Å². The molecule has 4 rings (SSSR count). The molecule has 4 aromatic rings. The van der Waals surface area contributed by atoms with Crippen LogP contribution in [0.5, 0.6) is 5.75 Å². The van der Waals surface area contributed by atoms with Gasteiger partial charge in [-0.1, -0.05) is 59.9 Å². The second kappa shape index (κ2) is 9.29. The Morgan fingerprint density at radius 1 is 0.903 bits per heavy atom. The zero-order chi connectivity index (χ0) is 21.8. The maximum Gasteiger partial charge on any atom is 0.260 e. The lowest BCUT2D eigenvalue weighted by Crippen LogP contribution is -2.36. The van der Waals surface area contributed by atoms with Gasteiger partial charge in [0.25, 0.3) is 5.91 Å². The molecule has 1 amide bonds. The zero-order valence-corrected chi connectivity index (χ0v) is 18.7. The highest BCUT2D eigenvalue weighted by Crippen LogP contribution is 2.34. The van der Waals surface area contributed by atoms with Crippen LogP contribution in [-0.2, 0) is 0 Å². The Hall–Kier alpha value is -3.22. The molecule has 0 fully saturated rings. The minimum atomic E-state index is -0.0560. The third kappa shape index (κ3) is 4.60. The van der Waals surface area contributed by atoms with Crippen LogP contribution in [0.3, 0.4) is 0 Å². The first kappa shape index (κ1) is 21.0. The first-order valence-corrected chi connectivity index (χ1v) is 10.9. The van der Waals surface area contributed by atoms with Crippen LogP contribution >= 0.6 is 11.3 Å². The highest BCUT2D eigenvalue weighted by molar-refractivity contribution is 7.22. The molecule has 0 unspecified atom stereocenters. The summed E-state index contributed by atoms with van der Waals surface area (Å²) in [5.74, 6) is 0.659. The molecule has 3 aromatic carbocycles. The van der Waals surface area contributed by atoms with E-state index in [4.69, 9.17) is 9.72 Å². The van der Waals surface area contributed by atoms with Crippen molar-refractivity contribution in [2.45, 2.75) is 0 Å². The summed E-state index contributed by atoms with van der Waals surface area (Å²) in [6, 6.07) is 23.8. The number of likely N-dealkylation sites (N-methyl/N-ethyl adjacent to an activating group) is 1. The van der Waals surface area contributed by atoms with E-state index in [1.54, 1.807) is 12.0 Å². The second-order valence-corrected chi connectivity index (χ2v) is 8.52. The van der Waals surface area contributed by atoms with Gasteiger partial charge in [0.2, 0.25) is 0 Å². The van der Waals surface area contributed by atoms with Gasteiger partial charge in [-0.05, 0) is 49.5 Å². The number of anilines is 1. The molecule has 0 bridgehead atoms. The normalized spacial score (nSPS) is 11.1. The lowest BCUT2D eigenvalue weighted by molar-refractivity contribution is 0.0985. The number of methoxy groups -OCH3 is 1. The highest BCUT2D eigenvalue weighted by Gasteiger charge is 2.22. The van der Waals surface area contributed by atoms with Crippen LogP contribution in [0, 0.1) is 0 Å². The van der Waals surface area contributed by atoms with Gasteiger partial charge in [-0.25, -0.2) is 4.98 Å². The number of fused-ring (bicyclic) bond motifs is 1. The molecule has 0 saturated heterocycles. The predicted octanol–water partition coefficient (Wildman–Crippen LogP) is 5.18. The summed E-state index contributed by atoms with van der Waals surface area (Å²) in [6.07, 6.45) is 0. The highest BCUT2D eigenvalue weighted by atomic mass is 32.1. The van der Waals surface area contributed by atoms with Gasteiger partial charge in [0.05, 0.1) is 11.8 Å². The number of aromatic nitrogens is 1. The van der Waals surface area contributed by atoms with Crippen LogP contribution in [0.1, 0.15) is 10.4 Å². The Morgan fingerprint density at radius 3 is 2.29 bits per heavy atom. The van der Waals surface area contributed by atoms with Crippen molar-refractivity contribution in [1.82, 2.24) is 9.88 Å². The van der Waals surface area contributed by atoms with Crippen LogP contribution in [-0.4, -0.2) is 50.1 Å². The monoisotopic (exact) mass is 431 g/mol. The number of benzene rings is 3. The van der Waals surface area contributed by atoms with E-state index in [0.717, 1.165) is 27.9 Å². The first-order valence-electron chi connectivity index (χ1n) is 10.1. The van der Waals surface area contributed by atoms with Gasteiger partial charge < -0.3 is 9.64 Å². The number of carbonyl (C=O) groups excluding carboxylic acids is 1. The van der Waals surface area contributed by atoms with Crippen molar-refractivity contribution >= 4 is 32.6 Å². The number of amides is 1. The van der Waals surface area contributed by atoms with Gasteiger partial charge in [0, 0.05) is 18.7 Å². The Labute approximate surface area is 186 Å². The molecule has 0 spiro atoms. The lowest BCUT2D eigenvalue weighted by atomic mass is 10.0. The number of rotatable bonds is 7. The van der Waals surface area contributed by atoms with Crippen LogP contribution in [0.25, 0.3) is 21.3 Å². The Morgan fingerprint density at radius 2 is 1.61 bits per heavy atom. The van der Waals surface area contributed by atoms with Gasteiger partial charge in [0.1, 0.15) is 11.3 Å². The Balaban J connectivity index is 1.67. The Kier molecular flexibility index (Phi) is 6.30. The topological polar surface area (TPSA) is 45.7 Å². The van der Waals surface area contributed by atoms with Gasteiger partial charge >= 0.3 is 0 Å². The summed E-state index contributed by atoms with van der Waals surface area (Å²) >= 11 is 1.51. The smallest absolute Gasteiger partial charge is 0.260 e. The minimum absolute atomic E-state index is 0.0560. The van der Waals surface area contributed by atoms with Crippen molar-refractivity contribution in [3.8, 4) is 16.9 Å². The fourth-order valence-electron chi connectivity index (χ4n) is 3.37. The third-order valence-electron chi connectivity index (χ3n) is 5.08. The summed E-state index contributed by atoms with van der Waals surface area (Å²) in [5.41, 5.74) is 3.64. The number of ether oxygens (including phenoxy) is 1. The molecular formula is C25H25N3O2S. The maximum atomic E-state index is 13.5. The summed E-state index contributed by atoms with van der Waals surface area (Å²) in [7, 11) is 5.63. The van der Waals surface area contributed by atoms with Crippen molar-refractivity contribution in [3.63, 3.8) is 0 Å². The standard InChI is InChI=1S/C25H25N3O2S/c1-27(2)16-17-28(25-26-23-21(30-3)10-7-11-22(23)31-25)24(29)20-14-12-19(13-15-20)18-8-5-4-6-9-18/h4-15H,16-17H2,1-3H3. The molecular weight excluding hydrogens is 406 g/mol. The van der Waals surface area contributed by atoms with Gasteiger partial charge in [0.15, 0.2) is 5.13 Å². The largest absolute Gasteiger partial charge is 0.494 e. The molecule has 0 radical (unpaired) electrons. The second-order valence-electron chi connectivity index (χ2n) is 7.51. The van der Waals surface area contributed by atoms with Crippen molar-refractivity contribution < 1.29 is 9.53 Å². The Bertz CT molecular complexity index is 1170. The van der Waals surface area contributed by atoms with E-state index in [1.807, 2.05) is 74.8 Å². The number of hydrogen-bond donors (Lipinski definition) is 0. The van der Waals surface area contributed by atoms with E-state index in [9.17, 15) is 4.79 Å². The van der Waals surface area contributed by atoms with E-state index >= 15 is 0 Å². The molecule has 0 aliphatic rings. The first-order chi connectivity index (χ1) is 15.1. The van der Waals surface area contributed by atoms with Gasteiger partial charge in [-0.15, -0.1) is 0 Å². The maximum absolute atomic E-state index is 13.5. The number of nitrogens with zero attached hydrogens (tertiary/aromatic N) is 3. The SMILES string of the molecule is COc1cccc2sc(N(CCN(C)C)C(=O)c3ccc(-c4ccccc4)cc3)nc12. The molecule has 0 aliphatic heterocycles. The number of hydrogen-bond acceptors (Lipinski definition) is 5. The van der Waals surface area contributed by atoms with Crippen molar-refractivity contribution in [3.05, 3.63) is 78.4 Å². The van der Waals surface area contributed by atoms with Crippen molar-refractivity contribution in [2.75, 3.05) is 39.2 Å². The van der Waals surface area contributed by atoms with Gasteiger partial charge in [-0.2, -0.15) is 0 Å². The summed E-state index contributed by atoms with van der Waals surface area (Å²) in [6.45, 7) is 1.29. The van der Waals surface area contributed by atoms with Gasteiger partial charge in [-0.3, -0.25) is 9.69 Å². The third-order valence-corrected chi connectivity index (χ3v) is 6.12. The van der Waals surface area contributed by atoms with Crippen LogP contribution in [0.4, 0.5) is 5.13 Å². The fourth-order valence-corrected chi connectivity index (χ4v) is 4.38.